The zero-order valence-corrected chi connectivity index (χ0v) is 13.8. The smallest absolute Gasteiger partial charge is 0.257 e. The van der Waals surface area contributed by atoms with Crippen molar-refractivity contribution >= 4 is 11.8 Å². The molecular formula is C18H21FN2O3. The number of benzene rings is 1. The van der Waals surface area contributed by atoms with Gasteiger partial charge < -0.3 is 14.6 Å². The number of hydrogen-bond donors (Lipinski definition) is 1. The minimum Gasteiger partial charge on any atom is -0.472 e. The molecule has 0 spiro atoms. The van der Waals surface area contributed by atoms with Crippen LogP contribution in [0.2, 0.25) is 0 Å². The van der Waals surface area contributed by atoms with Gasteiger partial charge in [0.05, 0.1) is 11.8 Å². The van der Waals surface area contributed by atoms with Gasteiger partial charge in [-0.15, -0.1) is 0 Å². The van der Waals surface area contributed by atoms with Gasteiger partial charge in [-0.25, -0.2) is 4.39 Å². The second kappa shape index (κ2) is 8.29. The molecule has 0 saturated carbocycles. The molecule has 0 bridgehead atoms. The molecule has 24 heavy (non-hydrogen) atoms. The second-order valence-electron chi connectivity index (χ2n) is 5.84. The molecule has 1 aromatic heterocycles. The molecule has 0 fully saturated rings. The molecule has 1 N–H and O–H groups in total. The Balaban J connectivity index is 2.07. The fourth-order valence-corrected chi connectivity index (χ4v) is 2.26. The summed E-state index contributed by atoms with van der Waals surface area (Å²) in [5.41, 5.74) is 1.21. The van der Waals surface area contributed by atoms with Gasteiger partial charge in [0.25, 0.3) is 5.91 Å². The lowest BCUT2D eigenvalue weighted by molar-refractivity contribution is -0.121. The zero-order valence-electron chi connectivity index (χ0n) is 13.8. The van der Waals surface area contributed by atoms with Gasteiger partial charge in [-0.1, -0.05) is 12.1 Å². The van der Waals surface area contributed by atoms with Gasteiger partial charge in [-0.2, -0.15) is 0 Å². The Bertz CT molecular complexity index is 666. The Morgan fingerprint density at radius 1 is 1.21 bits per heavy atom. The molecular weight excluding hydrogens is 311 g/mol. The highest BCUT2D eigenvalue weighted by atomic mass is 19.1. The largest absolute Gasteiger partial charge is 0.472 e. The van der Waals surface area contributed by atoms with E-state index in [1.54, 1.807) is 23.1 Å². The number of hydrogen-bond acceptors (Lipinski definition) is 3. The number of carbonyl (C=O) groups excluding carboxylic acids is 2. The Morgan fingerprint density at radius 3 is 2.50 bits per heavy atom. The van der Waals surface area contributed by atoms with Crippen molar-refractivity contribution < 1.29 is 18.4 Å². The standard InChI is InChI=1S/C18H21FN2O3/c1-13(2)20-17(22)7-9-21(18(23)15-8-10-24-12-15)11-14-3-5-16(19)6-4-14/h3-6,8,10,12-13H,7,9,11H2,1-2H3,(H,20,22). The van der Waals surface area contributed by atoms with E-state index in [1.165, 1.54) is 24.7 Å². The molecule has 0 radical (unpaired) electrons. The molecule has 0 aliphatic heterocycles. The Morgan fingerprint density at radius 2 is 1.92 bits per heavy atom. The quantitative estimate of drug-likeness (QED) is 0.848. The van der Waals surface area contributed by atoms with Crippen LogP contribution in [0.4, 0.5) is 4.39 Å². The first-order chi connectivity index (χ1) is 11.5. The number of carbonyl (C=O) groups is 2. The summed E-state index contributed by atoms with van der Waals surface area (Å²) in [7, 11) is 0. The topological polar surface area (TPSA) is 62.6 Å². The lowest BCUT2D eigenvalue weighted by Gasteiger charge is -2.22. The third kappa shape index (κ3) is 5.22. The maximum atomic E-state index is 13.0. The molecule has 128 valence electrons. The third-order valence-corrected chi connectivity index (χ3v) is 3.40. The summed E-state index contributed by atoms with van der Waals surface area (Å²) in [6.45, 7) is 4.31. The highest BCUT2D eigenvalue weighted by Crippen LogP contribution is 2.12. The number of halogens is 1. The average Bonchev–Trinajstić information content (AvgIpc) is 3.06. The van der Waals surface area contributed by atoms with Crippen LogP contribution in [0.15, 0.2) is 47.3 Å². The molecule has 0 aliphatic carbocycles. The van der Waals surface area contributed by atoms with Crippen molar-refractivity contribution in [1.82, 2.24) is 10.2 Å². The Hall–Kier alpha value is -2.63. The van der Waals surface area contributed by atoms with Crippen LogP contribution in [0.5, 0.6) is 0 Å². The van der Waals surface area contributed by atoms with E-state index < -0.39 is 0 Å². The van der Waals surface area contributed by atoms with Crippen LogP contribution in [0.25, 0.3) is 0 Å². The Labute approximate surface area is 140 Å². The van der Waals surface area contributed by atoms with Gasteiger partial charge >= 0.3 is 0 Å². The molecule has 0 saturated heterocycles. The number of amides is 2. The van der Waals surface area contributed by atoms with Gasteiger partial charge in [0.15, 0.2) is 0 Å². The molecule has 0 atom stereocenters. The summed E-state index contributed by atoms with van der Waals surface area (Å²) in [4.78, 5) is 26.0. The molecule has 0 unspecified atom stereocenters. The monoisotopic (exact) mass is 332 g/mol. The molecule has 2 rings (SSSR count). The van der Waals surface area contributed by atoms with Crippen LogP contribution in [-0.4, -0.2) is 29.3 Å². The molecule has 6 heteroatoms. The fraction of sp³-hybridized carbons (Fsp3) is 0.333. The summed E-state index contributed by atoms with van der Waals surface area (Å²) < 4.78 is 18.0. The maximum Gasteiger partial charge on any atom is 0.257 e. The lowest BCUT2D eigenvalue weighted by atomic mass is 10.2. The summed E-state index contributed by atoms with van der Waals surface area (Å²) in [6.07, 6.45) is 2.99. The van der Waals surface area contributed by atoms with Gasteiger partial charge in [-0.05, 0) is 37.6 Å². The van der Waals surface area contributed by atoms with Gasteiger partial charge in [-0.3, -0.25) is 9.59 Å². The van der Waals surface area contributed by atoms with Crippen molar-refractivity contribution in [2.45, 2.75) is 32.9 Å². The average molecular weight is 332 g/mol. The minimum atomic E-state index is -0.331. The predicted octanol–water partition coefficient (Wildman–Crippen LogP) is 2.98. The van der Waals surface area contributed by atoms with Crippen molar-refractivity contribution in [3.63, 3.8) is 0 Å². The molecule has 1 aromatic carbocycles. The number of nitrogens with one attached hydrogen (secondary N) is 1. The first-order valence-corrected chi connectivity index (χ1v) is 7.81. The van der Waals surface area contributed by atoms with Gasteiger partial charge in [0, 0.05) is 25.6 Å². The molecule has 0 aliphatic rings. The lowest BCUT2D eigenvalue weighted by Crippen LogP contribution is -2.36. The summed E-state index contributed by atoms with van der Waals surface area (Å²) in [6, 6.07) is 7.57. The highest BCUT2D eigenvalue weighted by Gasteiger charge is 2.18. The molecule has 5 nitrogen and oxygen atoms in total. The number of furan rings is 1. The molecule has 2 aromatic rings. The Kier molecular flexibility index (Phi) is 6.12. The van der Waals surface area contributed by atoms with Crippen molar-refractivity contribution in [1.29, 1.82) is 0 Å². The maximum absolute atomic E-state index is 13.0. The van der Waals surface area contributed by atoms with Crippen LogP contribution >= 0.6 is 0 Å². The van der Waals surface area contributed by atoms with E-state index in [2.05, 4.69) is 5.32 Å². The van der Waals surface area contributed by atoms with E-state index in [9.17, 15) is 14.0 Å². The van der Waals surface area contributed by atoms with E-state index in [0.717, 1.165) is 5.56 Å². The van der Waals surface area contributed by atoms with E-state index in [-0.39, 0.29) is 36.6 Å². The molecule has 2 amide bonds. The van der Waals surface area contributed by atoms with Gasteiger partial charge in [0.1, 0.15) is 12.1 Å². The highest BCUT2D eigenvalue weighted by molar-refractivity contribution is 5.94. The number of nitrogens with zero attached hydrogens (tertiary/aromatic N) is 1. The summed E-state index contributed by atoms with van der Waals surface area (Å²) >= 11 is 0. The fourth-order valence-electron chi connectivity index (χ4n) is 2.26. The van der Waals surface area contributed by atoms with Crippen LogP contribution in [-0.2, 0) is 11.3 Å². The van der Waals surface area contributed by atoms with Crippen LogP contribution in [0.3, 0.4) is 0 Å². The van der Waals surface area contributed by atoms with Crippen molar-refractivity contribution in [3.8, 4) is 0 Å². The minimum absolute atomic E-state index is 0.0487. The third-order valence-electron chi connectivity index (χ3n) is 3.40. The van der Waals surface area contributed by atoms with E-state index in [4.69, 9.17) is 4.42 Å². The SMILES string of the molecule is CC(C)NC(=O)CCN(Cc1ccc(F)cc1)C(=O)c1ccoc1. The first kappa shape index (κ1) is 17.7. The van der Waals surface area contributed by atoms with Crippen molar-refractivity contribution in [2.24, 2.45) is 0 Å². The second-order valence-corrected chi connectivity index (χ2v) is 5.84. The van der Waals surface area contributed by atoms with Gasteiger partial charge in [0.2, 0.25) is 5.91 Å². The first-order valence-electron chi connectivity index (χ1n) is 7.81. The predicted molar refractivity (Wildman–Crippen MR) is 87.7 cm³/mol. The van der Waals surface area contributed by atoms with E-state index in [1.807, 2.05) is 13.8 Å². The summed E-state index contributed by atoms with van der Waals surface area (Å²) in [5, 5.41) is 2.80. The van der Waals surface area contributed by atoms with Crippen molar-refractivity contribution in [3.05, 3.63) is 59.8 Å². The van der Waals surface area contributed by atoms with Crippen LogP contribution in [0, 0.1) is 5.82 Å². The van der Waals surface area contributed by atoms with Crippen LogP contribution < -0.4 is 5.32 Å². The normalized spacial score (nSPS) is 10.7. The summed E-state index contributed by atoms with van der Waals surface area (Å²) in [5.74, 6) is -0.678. The van der Waals surface area contributed by atoms with E-state index >= 15 is 0 Å². The zero-order chi connectivity index (χ0) is 17.5. The van der Waals surface area contributed by atoms with E-state index in [0.29, 0.717) is 12.1 Å². The number of rotatable bonds is 7. The van der Waals surface area contributed by atoms with Crippen LogP contribution in [0.1, 0.15) is 36.2 Å². The van der Waals surface area contributed by atoms with Crippen molar-refractivity contribution in [2.75, 3.05) is 6.54 Å². The molecule has 1 heterocycles.